The van der Waals surface area contributed by atoms with E-state index in [4.69, 9.17) is 4.42 Å². The Balaban J connectivity index is 1.39. The minimum absolute atomic E-state index is 0.0712. The molecule has 4 heterocycles. The van der Waals surface area contributed by atoms with Gasteiger partial charge in [-0.3, -0.25) is 9.59 Å². The largest absolute Gasteiger partial charge is 0.472 e. The van der Waals surface area contributed by atoms with Crippen molar-refractivity contribution in [3.63, 3.8) is 0 Å². The first-order valence-corrected chi connectivity index (χ1v) is 9.10. The fourth-order valence-electron chi connectivity index (χ4n) is 3.36. The average molecular weight is 380 g/mol. The number of nitrogens with zero attached hydrogens (tertiary/aromatic N) is 5. The molecule has 1 saturated heterocycles. The minimum Gasteiger partial charge on any atom is -0.472 e. The van der Waals surface area contributed by atoms with Crippen LogP contribution in [0.15, 0.2) is 54.0 Å². The summed E-state index contributed by atoms with van der Waals surface area (Å²) in [6.07, 6.45) is 9.12. The zero-order valence-corrected chi connectivity index (χ0v) is 15.2. The van der Waals surface area contributed by atoms with Gasteiger partial charge in [0.25, 0.3) is 5.91 Å². The predicted octanol–water partition coefficient (Wildman–Crippen LogP) is 1.42. The van der Waals surface area contributed by atoms with Gasteiger partial charge in [0.2, 0.25) is 5.91 Å². The highest BCUT2D eigenvalue weighted by molar-refractivity contribution is 5.94. The summed E-state index contributed by atoms with van der Waals surface area (Å²) in [5, 5.41) is 7.06. The fourth-order valence-corrected chi connectivity index (χ4v) is 3.36. The van der Waals surface area contributed by atoms with Crippen LogP contribution in [-0.2, 0) is 11.3 Å². The van der Waals surface area contributed by atoms with Crippen molar-refractivity contribution in [1.29, 1.82) is 0 Å². The number of furan rings is 1. The van der Waals surface area contributed by atoms with Crippen LogP contribution < -0.4 is 5.32 Å². The van der Waals surface area contributed by atoms with Gasteiger partial charge in [-0.05, 0) is 25.0 Å². The molecule has 9 heteroatoms. The smallest absolute Gasteiger partial charge is 0.257 e. The number of piperidine rings is 1. The lowest BCUT2D eigenvalue weighted by atomic mass is 9.96. The van der Waals surface area contributed by atoms with Gasteiger partial charge in [0, 0.05) is 31.4 Å². The molecule has 1 N–H and O–H groups in total. The molecule has 4 rings (SSSR count). The van der Waals surface area contributed by atoms with Gasteiger partial charge in [0.1, 0.15) is 18.9 Å². The third kappa shape index (κ3) is 3.78. The van der Waals surface area contributed by atoms with E-state index < -0.39 is 0 Å². The van der Waals surface area contributed by atoms with Crippen LogP contribution in [0.25, 0.3) is 5.82 Å². The van der Waals surface area contributed by atoms with E-state index >= 15 is 0 Å². The second kappa shape index (κ2) is 8.03. The summed E-state index contributed by atoms with van der Waals surface area (Å²) in [5.74, 6) is 0.210. The molecule has 3 aromatic rings. The second-order valence-corrected chi connectivity index (χ2v) is 6.65. The van der Waals surface area contributed by atoms with Crippen molar-refractivity contribution in [2.75, 3.05) is 13.1 Å². The molecule has 1 unspecified atom stereocenters. The maximum Gasteiger partial charge on any atom is 0.257 e. The highest BCUT2D eigenvalue weighted by Gasteiger charge is 2.29. The van der Waals surface area contributed by atoms with E-state index in [-0.39, 0.29) is 17.7 Å². The highest BCUT2D eigenvalue weighted by atomic mass is 16.3. The quantitative estimate of drug-likeness (QED) is 0.718. The third-order valence-corrected chi connectivity index (χ3v) is 4.80. The molecule has 0 spiro atoms. The SMILES string of the molecule is O=C(NCc1cccnc1-n1cncn1)C1CCCN(C(=O)c2ccoc2)C1. The first-order chi connectivity index (χ1) is 13.7. The molecule has 0 saturated carbocycles. The molecule has 1 atom stereocenters. The molecule has 0 aromatic carbocycles. The van der Waals surface area contributed by atoms with Crippen molar-refractivity contribution < 1.29 is 14.0 Å². The van der Waals surface area contributed by atoms with Crippen molar-refractivity contribution in [1.82, 2.24) is 30.0 Å². The van der Waals surface area contributed by atoms with Gasteiger partial charge in [-0.15, -0.1) is 0 Å². The number of hydrogen-bond acceptors (Lipinski definition) is 6. The average Bonchev–Trinajstić information content (AvgIpc) is 3.46. The number of carbonyl (C=O) groups is 2. The van der Waals surface area contributed by atoms with Crippen LogP contribution in [0.3, 0.4) is 0 Å². The summed E-state index contributed by atoms with van der Waals surface area (Å²) in [6, 6.07) is 5.34. The van der Waals surface area contributed by atoms with Crippen LogP contribution >= 0.6 is 0 Å². The van der Waals surface area contributed by atoms with E-state index in [1.807, 2.05) is 12.1 Å². The van der Waals surface area contributed by atoms with E-state index in [1.165, 1.54) is 18.9 Å². The second-order valence-electron chi connectivity index (χ2n) is 6.65. The van der Waals surface area contributed by atoms with Crippen molar-refractivity contribution >= 4 is 11.8 Å². The van der Waals surface area contributed by atoms with Crippen molar-refractivity contribution in [2.45, 2.75) is 19.4 Å². The number of nitrogens with one attached hydrogen (secondary N) is 1. The Kier molecular flexibility index (Phi) is 5.14. The molecule has 0 bridgehead atoms. The molecule has 9 nitrogen and oxygen atoms in total. The number of hydrogen-bond donors (Lipinski definition) is 1. The fraction of sp³-hybridized carbons (Fsp3) is 0.316. The Bertz CT molecular complexity index is 939. The van der Waals surface area contributed by atoms with Crippen molar-refractivity contribution in [3.8, 4) is 5.82 Å². The van der Waals surface area contributed by atoms with E-state index in [0.29, 0.717) is 31.0 Å². The van der Waals surface area contributed by atoms with Crippen LogP contribution in [-0.4, -0.2) is 49.6 Å². The molecule has 1 fully saturated rings. The summed E-state index contributed by atoms with van der Waals surface area (Å²) in [6.45, 7) is 1.37. The lowest BCUT2D eigenvalue weighted by molar-refractivity contribution is -0.126. The lowest BCUT2D eigenvalue weighted by Gasteiger charge is -2.31. The number of pyridine rings is 1. The van der Waals surface area contributed by atoms with Crippen LogP contribution in [0.1, 0.15) is 28.8 Å². The zero-order chi connectivity index (χ0) is 19.3. The van der Waals surface area contributed by atoms with E-state index in [1.54, 1.807) is 28.2 Å². The van der Waals surface area contributed by atoms with Gasteiger partial charge in [0.05, 0.1) is 17.7 Å². The van der Waals surface area contributed by atoms with Gasteiger partial charge in [-0.2, -0.15) is 5.10 Å². The van der Waals surface area contributed by atoms with E-state index in [9.17, 15) is 9.59 Å². The van der Waals surface area contributed by atoms with Gasteiger partial charge < -0.3 is 14.6 Å². The Labute approximate surface area is 161 Å². The van der Waals surface area contributed by atoms with Crippen molar-refractivity contribution in [2.24, 2.45) is 5.92 Å². The number of amides is 2. The lowest BCUT2D eigenvalue weighted by Crippen LogP contribution is -2.45. The van der Waals surface area contributed by atoms with E-state index in [0.717, 1.165) is 18.4 Å². The van der Waals surface area contributed by atoms with Gasteiger partial charge in [0.15, 0.2) is 5.82 Å². The Hall–Kier alpha value is -3.49. The number of rotatable bonds is 5. The van der Waals surface area contributed by atoms with Crippen LogP contribution in [0.5, 0.6) is 0 Å². The van der Waals surface area contributed by atoms with E-state index in [2.05, 4.69) is 20.4 Å². The van der Waals surface area contributed by atoms with Gasteiger partial charge >= 0.3 is 0 Å². The summed E-state index contributed by atoms with van der Waals surface area (Å²) < 4.78 is 6.55. The number of likely N-dealkylation sites (tertiary alicyclic amines) is 1. The molecular weight excluding hydrogens is 360 g/mol. The molecule has 1 aliphatic heterocycles. The molecule has 2 amide bonds. The topological polar surface area (TPSA) is 106 Å². The monoisotopic (exact) mass is 380 g/mol. The maximum atomic E-state index is 12.7. The Morgan fingerprint density at radius 2 is 2.25 bits per heavy atom. The van der Waals surface area contributed by atoms with Crippen LogP contribution in [0, 0.1) is 5.92 Å². The summed E-state index contributed by atoms with van der Waals surface area (Å²) in [7, 11) is 0. The Morgan fingerprint density at radius 1 is 1.32 bits per heavy atom. The number of aromatic nitrogens is 4. The normalized spacial score (nSPS) is 16.7. The molecule has 0 aliphatic carbocycles. The number of carbonyl (C=O) groups excluding carboxylic acids is 2. The molecular formula is C19H20N6O3. The Morgan fingerprint density at radius 3 is 3.04 bits per heavy atom. The highest BCUT2D eigenvalue weighted by Crippen LogP contribution is 2.19. The standard InChI is InChI=1S/C19H20N6O3/c26-18(15-4-2-7-24(10-15)19(27)16-5-8-28-11-16)22-9-14-3-1-6-21-17(14)25-13-20-12-23-25/h1,3,5-6,8,11-13,15H,2,4,7,9-10H2,(H,22,26). The van der Waals surface area contributed by atoms with Crippen LogP contribution in [0.2, 0.25) is 0 Å². The minimum atomic E-state index is -0.240. The molecule has 28 heavy (non-hydrogen) atoms. The molecule has 1 aliphatic rings. The maximum absolute atomic E-state index is 12.7. The zero-order valence-electron chi connectivity index (χ0n) is 15.2. The summed E-state index contributed by atoms with van der Waals surface area (Å²) in [4.78, 5) is 35.2. The predicted molar refractivity (Wildman–Crippen MR) is 98.3 cm³/mol. The molecule has 3 aromatic heterocycles. The van der Waals surface area contributed by atoms with Gasteiger partial charge in [-0.1, -0.05) is 6.07 Å². The molecule has 144 valence electrons. The van der Waals surface area contributed by atoms with Gasteiger partial charge in [-0.25, -0.2) is 14.6 Å². The first-order valence-electron chi connectivity index (χ1n) is 9.10. The first kappa shape index (κ1) is 17.9. The summed E-state index contributed by atoms with van der Waals surface area (Å²) >= 11 is 0. The van der Waals surface area contributed by atoms with Crippen molar-refractivity contribution in [3.05, 3.63) is 60.7 Å². The summed E-state index contributed by atoms with van der Waals surface area (Å²) in [5.41, 5.74) is 1.34. The van der Waals surface area contributed by atoms with Crippen LogP contribution in [0.4, 0.5) is 0 Å². The molecule has 0 radical (unpaired) electrons. The third-order valence-electron chi connectivity index (χ3n) is 4.80.